The molecule has 1 rings (SSSR count). The van der Waals surface area contributed by atoms with E-state index in [4.69, 9.17) is 16.7 Å². The lowest BCUT2D eigenvalue weighted by molar-refractivity contribution is 0.471. The highest BCUT2D eigenvalue weighted by molar-refractivity contribution is 6.17. The van der Waals surface area contributed by atoms with E-state index in [0.29, 0.717) is 11.6 Å². The second-order valence-electron chi connectivity index (χ2n) is 1.48. The van der Waals surface area contributed by atoms with Gasteiger partial charge in [0.1, 0.15) is 5.75 Å². The van der Waals surface area contributed by atoms with Gasteiger partial charge in [-0.25, -0.2) is 0 Å². The Labute approximate surface area is 52.1 Å². The van der Waals surface area contributed by atoms with Gasteiger partial charge in [-0.2, -0.15) is 0 Å². The first-order chi connectivity index (χ1) is 3.84. The van der Waals surface area contributed by atoms with Crippen molar-refractivity contribution in [2.75, 3.05) is 0 Å². The first-order valence-electron chi connectivity index (χ1n) is 2.26. The number of alkyl halides is 1. The second kappa shape index (κ2) is 2.09. The van der Waals surface area contributed by atoms with Crippen LogP contribution < -0.4 is 0 Å². The quantitative estimate of drug-likeness (QED) is 0.557. The van der Waals surface area contributed by atoms with Crippen LogP contribution >= 0.6 is 11.6 Å². The highest BCUT2D eigenvalue weighted by Gasteiger charge is 1.95. The normalized spacial score (nSPS) is 9.62. The Morgan fingerprint density at radius 3 is 2.75 bits per heavy atom. The topological polar surface area (TPSA) is 36.0 Å². The molecule has 0 aromatic carbocycles. The molecule has 0 unspecified atom stereocenters. The van der Waals surface area contributed by atoms with Gasteiger partial charge in [-0.05, 0) is 6.07 Å². The predicted molar refractivity (Wildman–Crippen MR) is 32.0 cm³/mol. The number of hydrogen-bond acceptors (Lipinski definition) is 1. The van der Waals surface area contributed by atoms with Gasteiger partial charge in [0.25, 0.3) is 0 Å². The monoisotopic (exact) mass is 131 g/mol. The van der Waals surface area contributed by atoms with Gasteiger partial charge in [-0.15, -0.1) is 11.6 Å². The summed E-state index contributed by atoms with van der Waals surface area (Å²) in [5.74, 6) is 0.568. The molecule has 0 aliphatic heterocycles. The van der Waals surface area contributed by atoms with E-state index in [9.17, 15) is 0 Å². The first-order valence-corrected chi connectivity index (χ1v) is 2.79. The summed E-state index contributed by atoms with van der Waals surface area (Å²) < 4.78 is 0. The predicted octanol–water partition coefficient (Wildman–Crippen LogP) is 1.46. The van der Waals surface area contributed by atoms with E-state index in [0.717, 1.165) is 0 Å². The van der Waals surface area contributed by atoms with Crippen molar-refractivity contribution >= 4 is 11.6 Å². The van der Waals surface area contributed by atoms with E-state index >= 15 is 0 Å². The lowest BCUT2D eigenvalue weighted by Crippen LogP contribution is -1.73. The van der Waals surface area contributed by atoms with E-state index < -0.39 is 0 Å². The number of H-pyrrole nitrogens is 1. The number of rotatable bonds is 1. The third kappa shape index (κ3) is 0.793. The fraction of sp³-hybridized carbons (Fsp3) is 0.200. The third-order valence-corrected chi connectivity index (χ3v) is 1.21. The highest BCUT2D eigenvalue weighted by atomic mass is 35.5. The molecule has 0 saturated heterocycles. The molecule has 8 heavy (non-hydrogen) atoms. The zero-order valence-corrected chi connectivity index (χ0v) is 4.94. The molecule has 0 aliphatic rings. The minimum Gasteiger partial charge on any atom is -0.506 e. The Hall–Kier alpha value is -0.630. The zero-order chi connectivity index (χ0) is 5.98. The molecule has 0 atom stereocenters. The molecule has 44 valence electrons. The lowest BCUT2D eigenvalue weighted by atomic mass is 10.4. The van der Waals surface area contributed by atoms with Crippen LogP contribution in [-0.4, -0.2) is 10.1 Å². The van der Waals surface area contributed by atoms with Crippen LogP contribution in [0.25, 0.3) is 0 Å². The van der Waals surface area contributed by atoms with E-state index in [1.165, 1.54) is 0 Å². The standard InChI is InChI=1S/C5H6ClNO/c6-3-4-5(8)1-2-7-4/h1-2,7-8H,3H2. The Morgan fingerprint density at radius 2 is 2.50 bits per heavy atom. The maximum Gasteiger partial charge on any atom is 0.137 e. The van der Waals surface area contributed by atoms with Gasteiger partial charge >= 0.3 is 0 Å². The van der Waals surface area contributed by atoms with Gasteiger partial charge in [0.15, 0.2) is 0 Å². The van der Waals surface area contributed by atoms with Crippen molar-refractivity contribution in [3.63, 3.8) is 0 Å². The van der Waals surface area contributed by atoms with Gasteiger partial charge in [0.05, 0.1) is 11.6 Å². The van der Waals surface area contributed by atoms with Crippen molar-refractivity contribution < 1.29 is 5.11 Å². The summed E-state index contributed by atoms with van der Waals surface area (Å²) in [6.45, 7) is 0. The van der Waals surface area contributed by atoms with E-state index in [-0.39, 0.29) is 5.75 Å². The maximum absolute atomic E-state index is 8.83. The molecule has 0 radical (unpaired) electrons. The van der Waals surface area contributed by atoms with E-state index in [1.807, 2.05) is 0 Å². The molecule has 1 aromatic rings. The molecular weight excluding hydrogens is 126 g/mol. The Kier molecular flexibility index (Phi) is 1.44. The molecule has 2 N–H and O–H groups in total. The number of halogens is 1. The summed E-state index contributed by atoms with van der Waals surface area (Å²) in [7, 11) is 0. The fourth-order valence-corrected chi connectivity index (χ4v) is 0.717. The molecule has 0 spiro atoms. The minimum absolute atomic E-state index is 0.236. The van der Waals surface area contributed by atoms with Crippen LogP contribution in [0.15, 0.2) is 12.3 Å². The van der Waals surface area contributed by atoms with Crippen LogP contribution in [0.2, 0.25) is 0 Å². The Morgan fingerprint density at radius 1 is 1.75 bits per heavy atom. The Balaban J connectivity index is 2.92. The summed E-state index contributed by atoms with van der Waals surface area (Å²) in [5.41, 5.74) is 0.673. The van der Waals surface area contributed by atoms with Gasteiger partial charge < -0.3 is 10.1 Å². The van der Waals surface area contributed by atoms with Crippen LogP contribution in [0.3, 0.4) is 0 Å². The van der Waals surface area contributed by atoms with Crippen molar-refractivity contribution in [2.24, 2.45) is 0 Å². The van der Waals surface area contributed by atoms with Crippen molar-refractivity contribution in [2.45, 2.75) is 5.88 Å². The second-order valence-corrected chi connectivity index (χ2v) is 1.74. The maximum atomic E-state index is 8.83. The van der Waals surface area contributed by atoms with Crippen LogP contribution in [-0.2, 0) is 5.88 Å². The average Bonchev–Trinajstić information content (AvgIpc) is 2.14. The van der Waals surface area contributed by atoms with Crippen molar-refractivity contribution in [3.8, 4) is 5.75 Å². The summed E-state index contributed by atoms with van der Waals surface area (Å²) in [6.07, 6.45) is 1.65. The highest BCUT2D eigenvalue weighted by Crippen LogP contribution is 2.14. The third-order valence-electron chi connectivity index (χ3n) is 0.942. The molecule has 2 nitrogen and oxygen atoms in total. The minimum atomic E-state index is 0.236. The zero-order valence-electron chi connectivity index (χ0n) is 4.19. The molecule has 3 heteroatoms. The largest absolute Gasteiger partial charge is 0.506 e. The fourth-order valence-electron chi connectivity index (χ4n) is 0.503. The van der Waals surface area contributed by atoms with Crippen molar-refractivity contribution in [1.82, 2.24) is 4.98 Å². The number of aromatic nitrogens is 1. The Bertz CT molecular complexity index is 173. The summed E-state index contributed by atoms with van der Waals surface area (Å²) in [4.78, 5) is 2.77. The van der Waals surface area contributed by atoms with Gasteiger partial charge in [-0.3, -0.25) is 0 Å². The van der Waals surface area contributed by atoms with E-state index in [1.54, 1.807) is 12.3 Å². The lowest BCUT2D eigenvalue weighted by Gasteiger charge is -1.86. The SMILES string of the molecule is Oc1cc[nH]c1CCl. The summed E-state index contributed by atoms with van der Waals surface area (Å²) >= 11 is 5.38. The molecule has 0 amide bonds. The smallest absolute Gasteiger partial charge is 0.137 e. The number of aromatic hydroxyl groups is 1. The molecular formula is C5H6ClNO. The average molecular weight is 132 g/mol. The van der Waals surface area contributed by atoms with E-state index in [2.05, 4.69) is 4.98 Å². The molecule has 1 aromatic heterocycles. The van der Waals surface area contributed by atoms with Gasteiger partial charge in [-0.1, -0.05) is 0 Å². The van der Waals surface area contributed by atoms with Gasteiger partial charge in [0, 0.05) is 6.20 Å². The van der Waals surface area contributed by atoms with Crippen molar-refractivity contribution in [3.05, 3.63) is 18.0 Å². The summed E-state index contributed by atoms with van der Waals surface area (Å²) in [5, 5.41) is 8.83. The molecule has 0 saturated carbocycles. The molecule has 1 heterocycles. The first kappa shape index (κ1) is 5.51. The van der Waals surface area contributed by atoms with Crippen molar-refractivity contribution in [1.29, 1.82) is 0 Å². The number of hydrogen-bond donors (Lipinski definition) is 2. The van der Waals surface area contributed by atoms with Crippen LogP contribution in [0.4, 0.5) is 0 Å². The summed E-state index contributed by atoms with van der Waals surface area (Å²) in [6, 6.07) is 1.57. The molecule has 0 bridgehead atoms. The molecule has 0 aliphatic carbocycles. The number of nitrogens with one attached hydrogen (secondary N) is 1. The molecule has 0 fully saturated rings. The number of aromatic amines is 1. The van der Waals surface area contributed by atoms with Crippen LogP contribution in [0.5, 0.6) is 5.75 Å². The van der Waals surface area contributed by atoms with Crippen LogP contribution in [0, 0.1) is 0 Å². The van der Waals surface area contributed by atoms with Gasteiger partial charge in [0.2, 0.25) is 0 Å². The van der Waals surface area contributed by atoms with Crippen LogP contribution in [0.1, 0.15) is 5.69 Å².